The molecular formula is C22H23N5O4. The molecule has 0 fully saturated rings. The number of anilines is 2. The Hall–Kier alpha value is -4.01. The number of aromatic nitrogens is 3. The lowest BCUT2D eigenvalue weighted by molar-refractivity contribution is -0.117. The Morgan fingerprint density at radius 2 is 1.84 bits per heavy atom. The molecule has 0 unspecified atom stereocenters. The van der Waals surface area contributed by atoms with Gasteiger partial charge in [-0.05, 0) is 45.0 Å². The van der Waals surface area contributed by atoms with Crippen molar-refractivity contribution in [3.63, 3.8) is 0 Å². The lowest BCUT2D eigenvalue weighted by Gasteiger charge is -2.10. The van der Waals surface area contributed by atoms with Gasteiger partial charge in [-0.15, -0.1) is 5.10 Å². The first-order chi connectivity index (χ1) is 14.9. The summed E-state index contributed by atoms with van der Waals surface area (Å²) >= 11 is 0. The Bertz CT molecular complexity index is 1120. The molecule has 2 aromatic carbocycles. The molecule has 0 aliphatic heterocycles. The minimum absolute atomic E-state index is 0.0928. The van der Waals surface area contributed by atoms with Crippen LogP contribution in [0.2, 0.25) is 0 Å². The number of amides is 2. The number of hydrogen-bond acceptors (Lipinski definition) is 6. The molecule has 3 rings (SSSR count). The maximum atomic E-state index is 12.7. The van der Waals surface area contributed by atoms with Crippen molar-refractivity contribution < 1.29 is 19.1 Å². The predicted molar refractivity (Wildman–Crippen MR) is 115 cm³/mol. The molecule has 2 amide bonds. The summed E-state index contributed by atoms with van der Waals surface area (Å²) in [7, 11) is 0. The number of ether oxygens (including phenoxy) is 1. The van der Waals surface area contributed by atoms with Crippen LogP contribution >= 0.6 is 0 Å². The third-order valence-corrected chi connectivity index (χ3v) is 4.48. The monoisotopic (exact) mass is 421 g/mol. The van der Waals surface area contributed by atoms with Crippen molar-refractivity contribution in [2.45, 2.75) is 27.3 Å². The predicted octanol–water partition coefficient (Wildman–Crippen LogP) is 3.08. The number of carbonyl (C=O) groups is 3. The van der Waals surface area contributed by atoms with Crippen molar-refractivity contribution >= 4 is 29.0 Å². The van der Waals surface area contributed by atoms with Crippen LogP contribution in [0.15, 0.2) is 48.5 Å². The molecule has 9 nitrogen and oxygen atoms in total. The minimum Gasteiger partial charge on any atom is -0.492 e. The first kappa shape index (κ1) is 21.7. The second-order valence-corrected chi connectivity index (χ2v) is 6.75. The maximum absolute atomic E-state index is 12.7. The van der Waals surface area contributed by atoms with Gasteiger partial charge in [0, 0.05) is 11.3 Å². The van der Waals surface area contributed by atoms with Crippen LogP contribution < -0.4 is 15.4 Å². The molecule has 160 valence electrons. The van der Waals surface area contributed by atoms with Gasteiger partial charge in [0.2, 0.25) is 5.91 Å². The van der Waals surface area contributed by atoms with Crippen LogP contribution in [-0.2, 0) is 11.3 Å². The molecule has 0 spiro atoms. The summed E-state index contributed by atoms with van der Waals surface area (Å²) < 4.78 is 6.85. The van der Waals surface area contributed by atoms with Gasteiger partial charge in [-0.1, -0.05) is 29.5 Å². The van der Waals surface area contributed by atoms with Crippen LogP contribution in [0.1, 0.15) is 40.4 Å². The molecule has 1 heterocycles. The molecule has 0 saturated carbocycles. The van der Waals surface area contributed by atoms with E-state index in [9.17, 15) is 14.4 Å². The zero-order chi connectivity index (χ0) is 22.4. The molecule has 0 aliphatic carbocycles. The average molecular weight is 421 g/mol. The number of hydrogen-bond donors (Lipinski definition) is 2. The number of ketones is 1. The van der Waals surface area contributed by atoms with Crippen molar-refractivity contribution in [3.8, 4) is 5.75 Å². The first-order valence-electron chi connectivity index (χ1n) is 9.73. The van der Waals surface area contributed by atoms with E-state index in [1.807, 2.05) is 13.0 Å². The van der Waals surface area contributed by atoms with Crippen LogP contribution in [0.5, 0.6) is 5.75 Å². The van der Waals surface area contributed by atoms with Crippen LogP contribution in [-0.4, -0.2) is 39.2 Å². The Morgan fingerprint density at radius 3 is 2.58 bits per heavy atom. The van der Waals surface area contributed by atoms with Crippen molar-refractivity contribution in [1.82, 2.24) is 15.0 Å². The normalized spacial score (nSPS) is 10.4. The molecule has 9 heteroatoms. The summed E-state index contributed by atoms with van der Waals surface area (Å²) in [5.41, 5.74) is 2.07. The highest BCUT2D eigenvalue weighted by Crippen LogP contribution is 2.24. The molecule has 1 aromatic heterocycles. The van der Waals surface area contributed by atoms with Gasteiger partial charge in [0.1, 0.15) is 12.3 Å². The van der Waals surface area contributed by atoms with Crippen molar-refractivity contribution in [3.05, 3.63) is 65.5 Å². The van der Waals surface area contributed by atoms with Gasteiger partial charge in [0.15, 0.2) is 11.5 Å². The summed E-state index contributed by atoms with van der Waals surface area (Å²) in [6, 6.07) is 13.7. The van der Waals surface area contributed by atoms with E-state index < -0.39 is 5.91 Å². The summed E-state index contributed by atoms with van der Waals surface area (Å²) in [4.78, 5) is 36.6. The Labute approximate surface area is 179 Å². The quantitative estimate of drug-likeness (QED) is 0.540. The number of nitrogens with one attached hydrogen (secondary N) is 2. The fourth-order valence-corrected chi connectivity index (χ4v) is 2.91. The van der Waals surface area contributed by atoms with E-state index in [2.05, 4.69) is 20.9 Å². The van der Waals surface area contributed by atoms with Gasteiger partial charge >= 0.3 is 0 Å². The summed E-state index contributed by atoms with van der Waals surface area (Å²) in [5, 5.41) is 13.3. The largest absolute Gasteiger partial charge is 0.492 e. The van der Waals surface area contributed by atoms with Crippen LogP contribution in [0.4, 0.5) is 11.4 Å². The standard InChI is InChI=1S/C22H23N5O4/c1-4-31-19-11-6-5-10-18(19)24-22(30)21-14(2)27(26-25-21)13-20(29)23-17-9-7-8-16(12-17)15(3)28/h5-12H,4,13H2,1-3H3,(H,23,29)(H,24,30). The van der Waals surface area contributed by atoms with E-state index >= 15 is 0 Å². The van der Waals surface area contributed by atoms with Gasteiger partial charge in [0.05, 0.1) is 18.0 Å². The Balaban J connectivity index is 1.68. The molecule has 0 radical (unpaired) electrons. The number of carbonyl (C=O) groups excluding carboxylic acids is 3. The van der Waals surface area contributed by atoms with Gasteiger partial charge in [-0.3, -0.25) is 14.4 Å². The molecular weight excluding hydrogens is 398 g/mol. The van der Waals surface area contributed by atoms with E-state index in [1.165, 1.54) is 11.6 Å². The zero-order valence-corrected chi connectivity index (χ0v) is 17.5. The number of para-hydroxylation sites is 2. The van der Waals surface area contributed by atoms with Gasteiger partial charge < -0.3 is 15.4 Å². The first-order valence-corrected chi connectivity index (χ1v) is 9.73. The molecule has 0 bridgehead atoms. The van der Waals surface area contributed by atoms with E-state index in [4.69, 9.17) is 4.74 Å². The number of Topliss-reactive ketones (excluding diaryl/α,β-unsaturated/α-hetero) is 1. The van der Waals surface area contributed by atoms with Crippen molar-refractivity contribution in [1.29, 1.82) is 0 Å². The van der Waals surface area contributed by atoms with Crippen LogP contribution in [0.3, 0.4) is 0 Å². The number of rotatable bonds is 8. The lowest BCUT2D eigenvalue weighted by atomic mass is 10.1. The minimum atomic E-state index is -0.453. The molecule has 2 N–H and O–H groups in total. The number of nitrogens with zero attached hydrogens (tertiary/aromatic N) is 3. The third kappa shape index (κ3) is 5.33. The van der Waals surface area contributed by atoms with E-state index in [-0.39, 0.29) is 23.9 Å². The van der Waals surface area contributed by atoms with E-state index in [1.54, 1.807) is 49.4 Å². The van der Waals surface area contributed by atoms with Crippen LogP contribution in [0.25, 0.3) is 0 Å². The van der Waals surface area contributed by atoms with Gasteiger partial charge in [-0.25, -0.2) is 4.68 Å². The number of benzene rings is 2. The fraction of sp³-hybridized carbons (Fsp3) is 0.227. The van der Waals surface area contributed by atoms with E-state index in [0.29, 0.717) is 35.0 Å². The summed E-state index contributed by atoms with van der Waals surface area (Å²) in [6.45, 7) is 5.31. The van der Waals surface area contributed by atoms with Crippen molar-refractivity contribution in [2.24, 2.45) is 0 Å². The maximum Gasteiger partial charge on any atom is 0.278 e. The fourth-order valence-electron chi connectivity index (χ4n) is 2.91. The highest BCUT2D eigenvalue weighted by Gasteiger charge is 2.19. The smallest absolute Gasteiger partial charge is 0.278 e. The third-order valence-electron chi connectivity index (χ3n) is 4.48. The van der Waals surface area contributed by atoms with Gasteiger partial charge in [0.25, 0.3) is 5.91 Å². The average Bonchev–Trinajstić information content (AvgIpc) is 3.10. The summed E-state index contributed by atoms with van der Waals surface area (Å²) in [5.74, 6) is -0.354. The second-order valence-electron chi connectivity index (χ2n) is 6.75. The Morgan fingerprint density at radius 1 is 1.06 bits per heavy atom. The SMILES string of the molecule is CCOc1ccccc1NC(=O)c1nnn(CC(=O)Nc2cccc(C(C)=O)c2)c1C. The van der Waals surface area contributed by atoms with Crippen LogP contribution in [0, 0.1) is 6.92 Å². The molecule has 0 saturated heterocycles. The lowest BCUT2D eigenvalue weighted by Crippen LogP contribution is -2.21. The van der Waals surface area contributed by atoms with E-state index in [0.717, 1.165) is 0 Å². The molecule has 3 aromatic rings. The molecule has 0 atom stereocenters. The zero-order valence-electron chi connectivity index (χ0n) is 17.5. The van der Waals surface area contributed by atoms with Crippen molar-refractivity contribution in [2.75, 3.05) is 17.2 Å². The molecule has 0 aliphatic rings. The molecule has 31 heavy (non-hydrogen) atoms. The highest BCUT2D eigenvalue weighted by molar-refractivity contribution is 6.04. The van der Waals surface area contributed by atoms with Gasteiger partial charge in [-0.2, -0.15) is 0 Å². The second kappa shape index (κ2) is 9.66. The summed E-state index contributed by atoms with van der Waals surface area (Å²) in [6.07, 6.45) is 0. The highest BCUT2D eigenvalue weighted by atomic mass is 16.5. The Kier molecular flexibility index (Phi) is 6.76. The topological polar surface area (TPSA) is 115 Å².